The molecule has 4 aromatic rings. The number of hydrogen-bond donors (Lipinski definition) is 2. The van der Waals surface area contributed by atoms with E-state index in [2.05, 4.69) is 15.4 Å². The number of aliphatic hydroxyl groups excluding tert-OH is 1. The highest BCUT2D eigenvalue weighted by molar-refractivity contribution is 5.91. The number of amides is 1. The minimum atomic E-state index is -0.801. The van der Waals surface area contributed by atoms with Crippen molar-refractivity contribution in [3.05, 3.63) is 102 Å². The maximum atomic E-state index is 12.6. The number of carbonyl (C=O) groups excluding carboxylic acids is 1. The van der Waals surface area contributed by atoms with Gasteiger partial charge >= 0.3 is 0 Å². The van der Waals surface area contributed by atoms with E-state index in [1.807, 2.05) is 91.0 Å². The second-order valence-electron chi connectivity index (χ2n) is 6.51. The molecular weight excluding hydrogens is 364 g/mol. The molecule has 1 amide bonds. The molecule has 0 spiro atoms. The predicted molar refractivity (Wildman–Crippen MR) is 111 cm³/mol. The van der Waals surface area contributed by atoms with Gasteiger partial charge in [-0.25, -0.2) is 9.67 Å². The average Bonchev–Trinajstić information content (AvgIpc) is 3.25. The normalized spacial score (nSPS) is 11.8. The van der Waals surface area contributed by atoms with E-state index in [-0.39, 0.29) is 12.4 Å². The van der Waals surface area contributed by atoms with Gasteiger partial charge < -0.3 is 10.4 Å². The quantitative estimate of drug-likeness (QED) is 0.534. The van der Waals surface area contributed by atoms with E-state index in [4.69, 9.17) is 0 Å². The van der Waals surface area contributed by atoms with Crippen LogP contribution in [-0.2, 0) is 0 Å². The maximum Gasteiger partial charge on any atom is 0.291 e. The van der Waals surface area contributed by atoms with Crippen molar-refractivity contribution in [2.45, 2.75) is 6.10 Å². The van der Waals surface area contributed by atoms with E-state index < -0.39 is 12.0 Å². The van der Waals surface area contributed by atoms with Crippen LogP contribution in [0.3, 0.4) is 0 Å². The molecule has 1 aromatic heterocycles. The van der Waals surface area contributed by atoms with Gasteiger partial charge in [-0.1, -0.05) is 78.9 Å². The van der Waals surface area contributed by atoms with Gasteiger partial charge in [0.1, 0.15) is 0 Å². The fraction of sp³-hybridized carbons (Fsp3) is 0.0870. The number of aliphatic hydroxyl groups is 1. The lowest BCUT2D eigenvalue weighted by Crippen LogP contribution is -2.29. The van der Waals surface area contributed by atoms with E-state index in [0.29, 0.717) is 5.82 Å². The Morgan fingerprint density at radius 1 is 0.897 bits per heavy atom. The Morgan fingerprint density at radius 3 is 2.14 bits per heavy atom. The molecule has 1 unspecified atom stereocenters. The van der Waals surface area contributed by atoms with Crippen molar-refractivity contribution < 1.29 is 9.90 Å². The second kappa shape index (κ2) is 8.50. The fourth-order valence-electron chi connectivity index (χ4n) is 2.99. The highest BCUT2D eigenvalue weighted by Gasteiger charge is 2.19. The van der Waals surface area contributed by atoms with Crippen molar-refractivity contribution in [1.82, 2.24) is 20.1 Å². The van der Waals surface area contributed by atoms with Gasteiger partial charge in [-0.15, -0.1) is 5.10 Å². The maximum absolute atomic E-state index is 12.6. The van der Waals surface area contributed by atoms with Gasteiger partial charge in [0.2, 0.25) is 5.82 Å². The first-order valence-electron chi connectivity index (χ1n) is 9.31. The average molecular weight is 384 g/mol. The lowest BCUT2D eigenvalue weighted by Gasteiger charge is -2.11. The Balaban J connectivity index is 1.59. The van der Waals surface area contributed by atoms with Gasteiger partial charge in [-0.2, -0.15) is 0 Å². The van der Waals surface area contributed by atoms with Gasteiger partial charge in [0.05, 0.1) is 11.8 Å². The van der Waals surface area contributed by atoms with Gasteiger partial charge in [0.15, 0.2) is 5.82 Å². The molecule has 6 nitrogen and oxygen atoms in total. The Bertz CT molecular complexity index is 1020. The van der Waals surface area contributed by atoms with Crippen molar-refractivity contribution in [2.75, 3.05) is 6.54 Å². The third-order valence-electron chi connectivity index (χ3n) is 4.48. The smallest absolute Gasteiger partial charge is 0.291 e. The number of nitrogens with zero attached hydrogens (tertiary/aromatic N) is 3. The lowest BCUT2D eigenvalue weighted by molar-refractivity contribution is 0.0906. The third-order valence-corrected chi connectivity index (χ3v) is 4.48. The van der Waals surface area contributed by atoms with Crippen LogP contribution in [0.2, 0.25) is 0 Å². The van der Waals surface area contributed by atoms with E-state index in [0.717, 1.165) is 16.8 Å². The zero-order valence-electron chi connectivity index (χ0n) is 15.6. The molecule has 1 atom stereocenters. The number of para-hydroxylation sites is 1. The van der Waals surface area contributed by atoms with Crippen molar-refractivity contribution >= 4 is 5.91 Å². The molecule has 2 N–H and O–H groups in total. The van der Waals surface area contributed by atoms with E-state index >= 15 is 0 Å². The summed E-state index contributed by atoms with van der Waals surface area (Å²) in [6.07, 6.45) is -0.801. The summed E-state index contributed by atoms with van der Waals surface area (Å²) in [7, 11) is 0. The first-order valence-corrected chi connectivity index (χ1v) is 9.31. The van der Waals surface area contributed by atoms with Crippen LogP contribution in [0.4, 0.5) is 0 Å². The van der Waals surface area contributed by atoms with Crippen LogP contribution in [0.15, 0.2) is 91.0 Å². The molecule has 0 radical (unpaired) electrons. The summed E-state index contributed by atoms with van der Waals surface area (Å²) >= 11 is 0. The summed E-state index contributed by atoms with van der Waals surface area (Å²) < 4.78 is 1.65. The van der Waals surface area contributed by atoms with Crippen LogP contribution in [0.25, 0.3) is 17.1 Å². The number of carbonyl (C=O) groups is 1. The van der Waals surface area contributed by atoms with E-state index in [1.54, 1.807) is 4.68 Å². The van der Waals surface area contributed by atoms with Crippen LogP contribution in [0.5, 0.6) is 0 Å². The Hall–Kier alpha value is -3.77. The fourth-order valence-corrected chi connectivity index (χ4v) is 2.99. The Morgan fingerprint density at radius 2 is 1.48 bits per heavy atom. The van der Waals surface area contributed by atoms with Crippen LogP contribution in [0.1, 0.15) is 22.3 Å². The topological polar surface area (TPSA) is 80.0 Å². The molecule has 0 aliphatic heterocycles. The lowest BCUT2D eigenvalue weighted by atomic mass is 10.1. The molecule has 29 heavy (non-hydrogen) atoms. The van der Waals surface area contributed by atoms with Crippen molar-refractivity contribution in [2.24, 2.45) is 0 Å². The predicted octanol–water partition coefficient (Wildman–Crippen LogP) is 3.40. The molecule has 1 heterocycles. The second-order valence-corrected chi connectivity index (χ2v) is 6.51. The molecule has 0 saturated carbocycles. The first kappa shape index (κ1) is 18.6. The molecule has 0 aliphatic carbocycles. The van der Waals surface area contributed by atoms with Gasteiger partial charge in [0, 0.05) is 12.1 Å². The SMILES string of the molecule is O=C(NCC(O)c1ccccc1)c1nc(-c2ccccc2)n(-c2ccccc2)n1. The number of benzene rings is 3. The largest absolute Gasteiger partial charge is 0.387 e. The van der Waals surface area contributed by atoms with Crippen molar-refractivity contribution in [3.63, 3.8) is 0 Å². The summed E-state index contributed by atoms with van der Waals surface area (Å²) in [6.45, 7) is 0.0728. The summed E-state index contributed by atoms with van der Waals surface area (Å²) in [5.74, 6) is 0.186. The van der Waals surface area contributed by atoms with Crippen LogP contribution < -0.4 is 5.32 Å². The highest BCUT2D eigenvalue weighted by Crippen LogP contribution is 2.21. The van der Waals surface area contributed by atoms with E-state index in [1.165, 1.54) is 0 Å². The molecule has 0 saturated heterocycles. The Kier molecular flexibility index (Phi) is 5.45. The number of nitrogens with one attached hydrogen (secondary N) is 1. The summed E-state index contributed by atoms with van der Waals surface area (Å²) in [4.78, 5) is 17.1. The summed E-state index contributed by atoms with van der Waals surface area (Å²) in [5, 5.41) is 17.4. The van der Waals surface area contributed by atoms with Gasteiger partial charge in [0.25, 0.3) is 5.91 Å². The third kappa shape index (κ3) is 4.23. The Labute approximate surface area is 168 Å². The minimum Gasteiger partial charge on any atom is -0.387 e. The standard InChI is InChI=1S/C23H20N4O2/c28-20(17-10-4-1-5-11-17)16-24-23(29)21-25-22(18-12-6-2-7-13-18)27(26-21)19-14-8-3-9-15-19/h1-15,20,28H,16H2,(H,24,29). The van der Waals surface area contributed by atoms with Crippen LogP contribution in [0, 0.1) is 0 Å². The first-order chi connectivity index (χ1) is 14.2. The summed E-state index contributed by atoms with van der Waals surface area (Å²) in [6, 6.07) is 28.3. The highest BCUT2D eigenvalue weighted by atomic mass is 16.3. The van der Waals surface area contributed by atoms with Crippen LogP contribution in [-0.4, -0.2) is 32.3 Å². The number of rotatable bonds is 6. The van der Waals surface area contributed by atoms with Crippen LogP contribution >= 0.6 is 0 Å². The molecule has 144 valence electrons. The monoisotopic (exact) mass is 384 g/mol. The number of aromatic nitrogens is 3. The molecule has 0 fully saturated rings. The molecular formula is C23H20N4O2. The van der Waals surface area contributed by atoms with Gasteiger partial charge in [-0.3, -0.25) is 4.79 Å². The molecule has 3 aromatic carbocycles. The van der Waals surface area contributed by atoms with E-state index in [9.17, 15) is 9.90 Å². The van der Waals surface area contributed by atoms with Crippen molar-refractivity contribution in [3.8, 4) is 17.1 Å². The molecule has 4 rings (SSSR count). The summed E-state index contributed by atoms with van der Waals surface area (Å²) in [5.41, 5.74) is 2.40. The van der Waals surface area contributed by atoms with Gasteiger partial charge in [-0.05, 0) is 17.7 Å². The molecule has 6 heteroatoms. The van der Waals surface area contributed by atoms with Crippen molar-refractivity contribution in [1.29, 1.82) is 0 Å². The zero-order valence-corrected chi connectivity index (χ0v) is 15.6. The molecule has 0 aliphatic rings. The minimum absolute atomic E-state index is 0.0490. The molecule has 0 bridgehead atoms. The zero-order chi connectivity index (χ0) is 20.1. The number of hydrogen-bond acceptors (Lipinski definition) is 4.